The molecule has 0 aromatic rings. The number of rotatable bonds is 1. The van der Waals surface area contributed by atoms with Crippen LogP contribution in [-0.2, 0) is 4.57 Å². The van der Waals surface area contributed by atoms with Gasteiger partial charge in [0.2, 0.25) is 0 Å². The summed E-state index contributed by atoms with van der Waals surface area (Å²) in [6, 6.07) is 0. The van der Waals surface area contributed by atoms with Gasteiger partial charge in [0, 0.05) is 0 Å². The summed E-state index contributed by atoms with van der Waals surface area (Å²) in [5, 5.41) is 0. The van der Waals surface area contributed by atoms with Crippen LogP contribution in [0.15, 0.2) is 4.52 Å². The van der Waals surface area contributed by atoms with Gasteiger partial charge in [-0.3, -0.25) is 4.57 Å². The van der Waals surface area contributed by atoms with Gasteiger partial charge >= 0.3 is 6.00 Å². The van der Waals surface area contributed by atoms with Gasteiger partial charge in [0.15, 0.2) is 0 Å². The Morgan fingerprint density at radius 3 is 1.56 bits per heavy atom. The normalized spacial score (nSPS) is 13.4. The van der Waals surface area contributed by atoms with Crippen LogP contribution in [0.4, 0.5) is 0 Å². The Morgan fingerprint density at radius 1 is 1.22 bits per heavy atom. The Hall–Kier alpha value is 1.58. The molecule has 0 heterocycles. The molecule has 0 aliphatic rings. The minimum absolute atomic E-state index is 2.83. The van der Waals surface area contributed by atoms with Crippen LogP contribution in [0.25, 0.3) is 0 Å². The van der Waals surface area contributed by atoms with Crippen LogP contribution in [0.1, 0.15) is 0 Å². The van der Waals surface area contributed by atoms with E-state index in [2.05, 4.69) is 4.52 Å². The van der Waals surface area contributed by atoms with Crippen molar-refractivity contribution >= 4 is 56.9 Å². The molecule has 0 saturated carbocycles. The average molecular weight is 251 g/mol. The molecule has 56 valence electrons. The van der Waals surface area contributed by atoms with Crippen LogP contribution in [0.2, 0.25) is 0 Å². The predicted octanol–water partition coefficient (Wildman–Crippen LogP) is 3.99. The fraction of sp³-hybridized carbons (Fsp3) is 0. The molecule has 0 saturated heterocycles. The first-order valence-electron chi connectivity index (χ1n) is 1.46. The van der Waals surface area contributed by atoms with Crippen molar-refractivity contribution in [1.82, 2.24) is 0 Å². The first-order valence-corrected chi connectivity index (χ1v) is 8.43. The monoisotopic (exact) mass is 249 g/mol. The van der Waals surface area contributed by atoms with Crippen molar-refractivity contribution in [3.8, 4) is 0 Å². The van der Waals surface area contributed by atoms with E-state index in [1.165, 1.54) is 0 Å². The molecule has 0 aromatic heterocycles. The molecule has 0 unspecified atom stereocenters. The van der Waals surface area contributed by atoms with Crippen LogP contribution >= 0.6 is 56.9 Å². The summed E-state index contributed by atoms with van der Waals surface area (Å²) < 4.78 is 13.1. The molecule has 0 aromatic carbocycles. The third kappa shape index (κ3) is 9.58. The second-order valence-corrected chi connectivity index (χ2v) is 10.1. The van der Waals surface area contributed by atoms with Gasteiger partial charge in [-0.2, -0.15) is 4.52 Å². The van der Waals surface area contributed by atoms with E-state index in [1.807, 2.05) is 0 Å². The van der Waals surface area contributed by atoms with Crippen LogP contribution in [-0.4, -0.2) is 4.89 Å². The van der Waals surface area contributed by atoms with Gasteiger partial charge < -0.3 is 4.89 Å². The quantitative estimate of drug-likeness (QED) is 0.716. The summed E-state index contributed by atoms with van der Waals surface area (Å²) in [5.74, 6) is -7.18. The molecule has 0 radical (unpaired) electrons. The summed E-state index contributed by atoms with van der Waals surface area (Å²) in [6.07, 6.45) is 0. The van der Waals surface area contributed by atoms with E-state index >= 15 is 0 Å². The Kier molecular flexibility index (Phi) is 3.90. The van der Waals surface area contributed by atoms with E-state index in [0.29, 0.717) is 0 Å². The lowest BCUT2D eigenvalue weighted by atomic mass is 13.9. The molecule has 1 N–H and O–H groups in total. The molecular formula is HCl4NO2P2. The average Bonchev–Trinajstić information content (AvgIpc) is 1.14. The van der Waals surface area contributed by atoms with E-state index in [4.69, 9.17) is 49.9 Å². The lowest BCUT2D eigenvalue weighted by molar-refractivity contribution is 0.593. The maximum absolute atomic E-state index is 10.3. The fourth-order valence-corrected chi connectivity index (χ4v) is 5.85. The highest BCUT2D eigenvalue weighted by molar-refractivity contribution is 8.15. The first kappa shape index (κ1) is 10.6. The smallest absolute Gasteiger partial charge is 0.337 e. The van der Waals surface area contributed by atoms with Gasteiger partial charge in [-0.05, 0) is 45.0 Å². The van der Waals surface area contributed by atoms with Gasteiger partial charge in [0.05, 0.1) is 0 Å². The largest absolute Gasteiger partial charge is 0.366 e. The highest BCUT2D eigenvalue weighted by Crippen LogP contribution is 2.70. The predicted molar refractivity (Wildman–Crippen MR) is 42.6 cm³/mol. The summed E-state index contributed by atoms with van der Waals surface area (Å²) in [5.41, 5.74) is 0. The van der Waals surface area contributed by atoms with Gasteiger partial charge in [-0.1, -0.05) is 0 Å². The van der Waals surface area contributed by atoms with Crippen LogP contribution < -0.4 is 0 Å². The third-order valence-corrected chi connectivity index (χ3v) is 4.34. The zero-order valence-corrected chi connectivity index (χ0v) is 8.52. The van der Waals surface area contributed by atoms with Crippen molar-refractivity contribution in [3.05, 3.63) is 0 Å². The lowest BCUT2D eigenvalue weighted by Crippen LogP contribution is -1.51. The highest BCUT2D eigenvalue weighted by Gasteiger charge is 2.17. The minimum atomic E-state index is -3.68. The molecule has 0 fully saturated rings. The van der Waals surface area contributed by atoms with Crippen LogP contribution in [0.5, 0.6) is 0 Å². The van der Waals surface area contributed by atoms with E-state index in [0.717, 1.165) is 0 Å². The van der Waals surface area contributed by atoms with Gasteiger partial charge in [-0.25, -0.2) is 0 Å². The summed E-state index contributed by atoms with van der Waals surface area (Å²) in [7, 11) is 0. The fourth-order valence-electron chi connectivity index (χ4n) is 0.125. The maximum Gasteiger partial charge on any atom is 0.366 e. The Labute approximate surface area is 71.0 Å². The number of nitrogens with zero attached hydrogens (tertiary/aromatic N) is 1. The molecule has 0 bridgehead atoms. The summed E-state index contributed by atoms with van der Waals surface area (Å²) >= 11 is 19.6. The van der Waals surface area contributed by atoms with Crippen LogP contribution in [0.3, 0.4) is 0 Å². The molecule has 9 heteroatoms. The number of hydrogen-bond donors (Lipinski definition) is 1. The number of halogens is 4. The van der Waals surface area contributed by atoms with Gasteiger partial charge in [-0.15, -0.1) is 0 Å². The highest BCUT2D eigenvalue weighted by atomic mass is 35.9. The second-order valence-electron chi connectivity index (χ2n) is 0.980. The topological polar surface area (TPSA) is 49.7 Å². The van der Waals surface area contributed by atoms with E-state index in [9.17, 15) is 4.57 Å². The molecule has 0 aliphatic carbocycles. The van der Waals surface area contributed by atoms with Gasteiger partial charge in [0.1, 0.15) is 0 Å². The third-order valence-electron chi connectivity index (χ3n) is 0.212. The van der Waals surface area contributed by atoms with Crippen molar-refractivity contribution in [2.24, 2.45) is 4.52 Å². The lowest BCUT2D eigenvalue weighted by Gasteiger charge is -1.97. The standard InChI is InChI=1S/Cl4HNO2P2/c1-8(2,6)5-9(3,4)7/h6H. The maximum atomic E-state index is 10.3. The van der Waals surface area contributed by atoms with Crippen molar-refractivity contribution in [2.75, 3.05) is 0 Å². The first-order chi connectivity index (χ1) is 3.71. The molecule has 0 spiro atoms. The molecular weight excluding hydrogens is 250 g/mol. The molecule has 0 rings (SSSR count). The van der Waals surface area contributed by atoms with Gasteiger partial charge in [0.25, 0.3) is 5.99 Å². The zero-order valence-electron chi connectivity index (χ0n) is 3.71. The molecule has 0 aliphatic heterocycles. The molecule has 0 atom stereocenters. The van der Waals surface area contributed by atoms with Crippen molar-refractivity contribution < 1.29 is 9.46 Å². The van der Waals surface area contributed by atoms with Crippen molar-refractivity contribution in [3.63, 3.8) is 0 Å². The van der Waals surface area contributed by atoms with Crippen molar-refractivity contribution in [2.45, 2.75) is 0 Å². The Morgan fingerprint density at radius 2 is 1.56 bits per heavy atom. The Bertz CT molecular complexity index is 178. The molecule has 0 amide bonds. The minimum Gasteiger partial charge on any atom is -0.337 e. The second kappa shape index (κ2) is 3.32. The zero-order chi connectivity index (χ0) is 7.71. The van der Waals surface area contributed by atoms with E-state index in [1.54, 1.807) is 0 Å². The molecule has 3 nitrogen and oxygen atoms in total. The summed E-state index contributed by atoms with van der Waals surface area (Å²) in [6.45, 7) is 0. The summed E-state index contributed by atoms with van der Waals surface area (Å²) in [4.78, 5) is 8.49. The molecule has 9 heavy (non-hydrogen) atoms. The number of hydrogen-bond acceptors (Lipinski definition) is 1. The Balaban J connectivity index is 4.53. The SMILES string of the molecule is O=P(Cl)(Cl)N=P(O)(Cl)Cl. The van der Waals surface area contributed by atoms with E-state index < -0.39 is 12.0 Å². The van der Waals surface area contributed by atoms with Crippen molar-refractivity contribution in [1.29, 1.82) is 0 Å². The van der Waals surface area contributed by atoms with E-state index in [-0.39, 0.29) is 0 Å². The van der Waals surface area contributed by atoms with Crippen LogP contribution in [0, 0.1) is 0 Å².